The third-order valence-electron chi connectivity index (χ3n) is 3.99. The highest BCUT2D eigenvalue weighted by Gasteiger charge is 2.58. The molecule has 3 atom stereocenters. The summed E-state index contributed by atoms with van der Waals surface area (Å²) in [6.45, 7) is -0.128. The van der Waals surface area contributed by atoms with Crippen molar-refractivity contribution in [3.05, 3.63) is 65.2 Å². The van der Waals surface area contributed by atoms with Gasteiger partial charge in [-0.25, -0.2) is 8.42 Å². The summed E-state index contributed by atoms with van der Waals surface area (Å²) in [6.07, 6.45) is 0. The summed E-state index contributed by atoms with van der Waals surface area (Å²) >= 11 is 5.80. The van der Waals surface area contributed by atoms with E-state index in [4.69, 9.17) is 11.6 Å². The summed E-state index contributed by atoms with van der Waals surface area (Å²) in [5, 5.41) is 9.42. The molecule has 0 unspecified atom stereocenters. The molecular formula is C16H15ClO3S. The van der Waals surface area contributed by atoms with Gasteiger partial charge in [-0.2, -0.15) is 0 Å². The largest absolute Gasteiger partial charge is 0.396 e. The van der Waals surface area contributed by atoms with Crippen LogP contribution in [-0.2, 0) is 9.84 Å². The van der Waals surface area contributed by atoms with Gasteiger partial charge in [0.1, 0.15) is 0 Å². The van der Waals surface area contributed by atoms with Crippen molar-refractivity contribution in [2.75, 3.05) is 6.61 Å². The fourth-order valence-electron chi connectivity index (χ4n) is 2.88. The number of sulfone groups is 1. The average Bonchev–Trinajstić information content (AvgIpc) is 3.24. The zero-order valence-electron chi connectivity index (χ0n) is 11.2. The van der Waals surface area contributed by atoms with Crippen molar-refractivity contribution >= 4 is 21.4 Å². The molecule has 1 N–H and O–H groups in total. The molecule has 0 saturated heterocycles. The van der Waals surface area contributed by atoms with Gasteiger partial charge in [-0.15, -0.1) is 0 Å². The molecular weight excluding hydrogens is 308 g/mol. The highest BCUT2D eigenvalue weighted by atomic mass is 35.5. The van der Waals surface area contributed by atoms with Crippen LogP contribution < -0.4 is 0 Å². The van der Waals surface area contributed by atoms with E-state index < -0.39 is 15.1 Å². The number of hydrogen-bond acceptors (Lipinski definition) is 3. The molecule has 0 spiro atoms. The fraction of sp³-hybridized carbons (Fsp3) is 0.250. The van der Waals surface area contributed by atoms with E-state index in [-0.39, 0.29) is 23.3 Å². The Morgan fingerprint density at radius 1 is 1.00 bits per heavy atom. The average molecular weight is 323 g/mol. The van der Waals surface area contributed by atoms with E-state index in [1.54, 1.807) is 12.1 Å². The van der Waals surface area contributed by atoms with E-state index in [9.17, 15) is 13.5 Å². The highest BCUT2D eigenvalue weighted by Crippen LogP contribution is 2.53. The van der Waals surface area contributed by atoms with Gasteiger partial charge in [0.05, 0.1) is 10.1 Å². The Morgan fingerprint density at radius 2 is 1.62 bits per heavy atom. The molecule has 0 aromatic heterocycles. The zero-order valence-corrected chi connectivity index (χ0v) is 12.8. The third kappa shape index (κ3) is 2.59. The van der Waals surface area contributed by atoms with Gasteiger partial charge in [0.2, 0.25) is 0 Å². The number of benzene rings is 2. The molecule has 0 aliphatic heterocycles. The maximum atomic E-state index is 12.7. The smallest absolute Gasteiger partial charge is 0.182 e. The molecule has 0 amide bonds. The summed E-state index contributed by atoms with van der Waals surface area (Å²) in [6, 6.07) is 15.7. The number of halogens is 1. The first-order valence-corrected chi connectivity index (χ1v) is 8.63. The number of aliphatic hydroxyl groups is 1. The molecule has 1 aliphatic carbocycles. The molecule has 3 rings (SSSR count). The lowest BCUT2D eigenvalue weighted by atomic mass is 10.1. The van der Waals surface area contributed by atoms with Gasteiger partial charge in [0.15, 0.2) is 9.84 Å². The first kappa shape index (κ1) is 14.6. The molecule has 1 saturated carbocycles. The Hall–Kier alpha value is -1.36. The SMILES string of the molecule is O=S(=O)(c1ccc(Cl)cc1)[C@@H]1[C@@H](CO)[C@@H]1c1ccccc1. The normalized spacial score (nSPS) is 24.8. The second-order valence-corrected chi connectivity index (χ2v) is 7.79. The molecule has 5 heteroatoms. The van der Waals surface area contributed by atoms with Crippen molar-refractivity contribution in [3.63, 3.8) is 0 Å². The molecule has 0 heterocycles. The van der Waals surface area contributed by atoms with E-state index in [0.29, 0.717) is 5.02 Å². The Bertz CT molecular complexity index is 726. The van der Waals surface area contributed by atoms with Crippen LogP contribution in [0.25, 0.3) is 0 Å². The maximum absolute atomic E-state index is 12.7. The predicted molar refractivity (Wildman–Crippen MR) is 82.2 cm³/mol. The minimum absolute atomic E-state index is 0.128. The van der Waals surface area contributed by atoms with Crippen molar-refractivity contribution in [2.24, 2.45) is 5.92 Å². The molecule has 1 aliphatic rings. The van der Waals surface area contributed by atoms with E-state index in [0.717, 1.165) is 5.56 Å². The van der Waals surface area contributed by atoms with Gasteiger partial charge in [-0.3, -0.25) is 0 Å². The summed E-state index contributed by atoms with van der Waals surface area (Å²) in [5.41, 5.74) is 0.957. The Kier molecular flexibility index (Phi) is 3.78. The van der Waals surface area contributed by atoms with Crippen molar-refractivity contribution in [3.8, 4) is 0 Å². The summed E-state index contributed by atoms with van der Waals surface area (Å²) < 4.78 is 25.4. The lowest BCUT2D eigenvalue weighted by molar-refractivity contribution is 0.274. The minimum Gasteiger partial charge on any atom is -0.396 e. The molecule has 110 valence electrons. The standard InChI is InChI=1S/C16H15ClO3S/c17-12-6-8-13(9-7-12)21(19,20)16-14(10-18)15(16)11-4-2-1-3-5-11/h1-9,14-16,18H,10H2/t14-,15-,16+/m0/s1. The monoisotopic (exact) mass is 322 g/mol. The van der Waals surface area contributed by atoms with Crippen LogP contribution in [0.5, 0.6) is 0 Å². The van der Waals surface area contributed by atoms with Gasteiger partial charge in [-0.05, 0) is 29.8 Å². The molecule has 3 nitrogen and oxygen atoms in total. The quantitative estimate of drug-likeness (QED) is 0.941. The predicted octanol–water partition coefficient (Wildman–Crippen LogP) is 2.89. The molecule has 2 aromatic rings. The van der Waals surface area contributed by atoms with Crippen LogP contribution >= 0.6 is 11.6 Å². The fourth-order valence-corrected chi connectivity index (χ4v) is 5.20. The van der Waals surface area contributed by atoms with E-state index >= 15 is 0 Å². The lowest BCUT2D eigenvalue weighted by Crippen LogP contribution is -2.11. The van der Waals surface area contributed by atoms with Gasteiger partial charge in [-0.1, -0.05) is 41.9 Å². The van der Waals surface area contributed by atoms with Crippen LogP contribution in [0.1, 0.15) is 11.5 Å². The summed E-state index contributed by atoms with van der Waals surface area (Å²) in [5.74, 6) is -0.384. The minimum atomic E-state index is -3.46. The van der Waals surface area contributed by atoms with E-state index in [1.807, 2.05) is 30.3 Å². The van der Waals surface area contributed by atoms with Crippen LogP contribution in [0.2, 0.25) is 5.02 Å². The van der Waals surface area contributed by atoms with E-state index in [2.05, 4.69) is 0 Å². The Morgan fingerprint density at radius 3 is 2.19 bits per heavy atom. The lowest BCUT2D eigenvalue weighted by Gasteiger charge is -2.04. The first-order chi connectivity index (χ1) is 10.1. The topological polar surface area (TPSA) is 54.4 Å². The van der Waals surface area contributed by atoms with Crippen LogP contribution in [0.15, 0.2) is 59.5 Å². The van der Waals surface area contributed by atoms with Gasteiger partial charge in [0, 0.05) is 23.5 Å². The number of rotatable bonds is 4. The second kappa shape index (κ2) is 5.44. The Labute approximate surface area is 129 Å². The van der Waals surface area contributed by atoms with Crippen LogP contribution in [0, 0.1) is 5.92 Å². The van der Waals surface area contributed by atoms with E-state index in [1.165, 1.54) is 12.1 Å². The first-order valence-electron chi connectivity index (χ1n) is 6.71. The van der Waals surface area contributed by atoms with Gasteiger partial charge >= 0.3 is 0 Å². The molecule has 0 radical (unpaired) electrons. The maximum Gasteiger partial charge on any atom is 0.182 e. The third-order valence-corrected chi connectivity index (χ3v) is 6.53. The zero-order chi connectivity index (χ0) is 15.0. The van der Waals surface area contributed by atoms with Crippen LogP contribution in [0.4, 0.5) is 0 Å². The van der Waals surface area contributed by atoms with Crippen molar-refractivity contribution in [1.82, 2.24) is 0 Å². The van der Waals surface area contributed by atoms with Gasteiger partial charge in [0.25, 0.3) is 0 Å². The van der Waals surface area contributed by atoms with Gasteiger partial charge < -0.3 is 5.11 Å². The second-order valence-electron chi connectivity index (χ2n) is 5.25. The van der Waals surface area contributed by atoms with Crippen molar-refractivity contribution in [1.29, 1.82) is 0 Å². The summed E-state index contributed by atoms with van der Waals surface area (Å²) in [4.78, 5) is 0.258. The van der Waals surface area contributed by atoms with Crippen molar-refractivity contribution in [2.45, 2.75) is 16.1 Å². The van der Waals surface area contributed by atoms with Crippen LogP contribution in [0.3, 0.4) is 0 Å². The molecule has 21 heavy (non-hydrogen) atoms. The van der Waals surface area contributed by atoms with Crippen molar-refractivity contribution < 1.29 is 13.5 Å². The number of aliphatic hydroxyl groups excluding tert-OH is 1. The van der Waals surface area contributed by atoms with Crippen LogP contribution in [-0.4, -0.2) is 25.4 Å². The Balaban J connectivity index is 1.94. The summed E-state index contributed by atoms with van der Waals surface area (Å²) in [7, 11) is -3.46. The molecule has 1 fully saturated rings. The molecule has 0 bridgehead atoms. The highest BCUT2D eigenvalue weighted by molar-refractivity contribution is 7.92. The number of hydrogen-bond donors (Lipinski definition) is 1. The molecule has 2 aromatic carbocycles.